The minimum absolute atomic E-state index is 0.00673. The number of carboxylic acid groups (broad SMARTS) is 2. The molecule has 0 fully saturated rings. The Morgan fingerprint density at radius 2 is 1.45 bits per heavy atom. The average Bonchev–Trinajstić information content (AvgIpc) is 2.84. The molecule has 0 saturated heterocycles. The highest BCUT2D eigenvalue weighted by molar-refractivity contribution is 5.91. The van der Waals surface area contributed by atoms with E-state index in [2.05, 4.69) is 10.6 Å². The molecule has 40 heavy (non-hydrogen) atoms. The standard InChI is InChI=1S/C26H41N3O4.C2HF3O2/c1-16(2)20(15-17(3)25(32)33)29(9)24(31)22(26(5,6)7)28-23(30)21(27-8)18(4)19-13-11-10-12-14-19;3-2(4,5)1(6)7/h10-16,18,20-22,27H,1-9H3,(H,28,30)(H,32,33);(H,6,7)/b17-15+;/t18-,20+,21-,22+;/m0./s1. The number of halogens is 3. The first-order chi connectivity index (χ1) is 18.2. The molecule has 4 N–H and O–H groups in total. The van der Waals surface area contributed by atoms with Gasteiger partial charge in [-0.2, -0.15) is 13.2 Å². The lowest BCUT2D eigenvalue weighted by molar-refractivity contribution is -0.192. The molecule has 4 atom stereocenters. The molecule has 0 bridgehead atoms. The van der Waals surface area contributed by atoms with Gasteiger partial charge in [0.25, 0.3) is 0 Å². The van der Waals surface area contributed by atoms with Gasteiger partial charge < -0.3 is 25.7 Å². The number of hydrogen-bond acceptors (Lipinski definition) is 5. The van der Waals surface area contributed by atoms with Crippen molar-refractivity contribution in [1.29, 1.82) is 0 Å². The fourth-order valence-electron chi connectivity index (χ4n) is 3.87. The fourth-order valence-corrected chi connectivity index (χ4v) is 3.87. The molecule has 0 aliphatic rings. The molecular weight excluding hydrogens is 531 g/mol. The fraction of sp³-hybridized carbons (Fsp3) is 0.571. The lowest BCUT2D eigenvalue weighted by atomic mass is 9.84. The molecule has 0 aliphatic carbocycles. The van der Waals surface area contributed by atoms with E-state index in [9.17, 15) is 32.7 Å². The first kappa shape index (κ1) is 36.6. The van der Waals surface area contributed by atoms with Gasteiger partial charge in [0.05, 0.1) is 12.1 Å². The van der Waals surface area contributed by atoms with Crippen LogP contribution < -0.4 is 10.6 Å². The third-order valence-electron chi connectivity index (χ3n) is 6.30. The predicted octanol–water partition coefficient (Wildman–Crippen LogP) is 4.06. The molecule has 2 amide bonds. The van der Waals surface area contributed by atoms with Crippen molar-refractivity contribution in [2.75, 3.05) is 14.1 Å². The molecule has 0 unspecified atom stereocenters. The molecule has 1 aromatic carbocycles. The number of alkyl halides is 3. The summed E-state index contributed by atoms with van der Waals surface area (Å²) in [6, 6.07) is 8.04. The molecule has 1 rings (SSSR count). The highest BCUT2D eigenvalue weighted by Crippen LogP contribution is 2.25. The second-order valence-corrected chi connectivity index (χ2v) is 10.9. The van der Waals surface area contributed by atoms with E-state index in [1.165, 1.54) is 6.92 Å². The minimum Gasteiger partial charge on any atom is -0.478 e. The van der Waals surface area contributed by atoms with Crippen LogP contribution in [-0.2, 0) is 19.2 Å². The van der Waals surface area contributed by atoms with E-state index in [1.54, 1.807) is 25.1 Å². The van der Waals surface area contributed by atoms with Crippen molar-refractivity contribution in [2.45, 2.75) is 78.7 Å². The van der Waals surface area contributed by atoms with Crippen LogP contribution in [0.1, 0.15) is 59.9 Å². The van der Waals surface area contributed by atoms with Gasteiger partial charge in [0.15, 0.2) is 0 Å². The number of hydrogen-bond donors (Lipinski definition) is 4. The lowest BCUT2D eigenvalue weighted by Gasteiger charge is -2.38. The Morgan fingerprint density at radius 1 is 0.975 bits per heavy atom. The molecule has 0 saturated carbocycles. The quantitative estimate of drug-likeness (QED) is 0.310. The van der Waals surface area contributed by atoms with Crippen LogP contribution in [0.3, 0.4) is 0 Å². The number of nitrogens with zero attached hydrogens (tertiary/aromatic N) is 1. The van der Waals surface area contributed by atoms with Gasteiger partial charge in [-0.1, -0.05) is 78.0 Å². The van der Waals surface area contributed by atoms with Crippen molar-refractivity contribution >= 4 is 23.8 Å². The molecule has 12 heteroatoms. The zero-order valence-electron chi connectivity index (χ0n) is 24.5. The number of nitrogens with one attached hydrogen (secondary N) is 2. The van der Waals surface area contributed by atoms with Crippen molar-refractivity contribution in [2.24, 2.45) is 11.3 Å². The van der Waals surface area contributed by atoms with Crippen LogP contribution in [0, 0.1) is 11.3 Å². The number of rotatable bonds is 10. The van der Waals surface area contributed by atoms with Crippen molar-refractivity contribution < 1.29 is 42.6 Å². The van der Waals surface area contributed by atoms with Gasteiger partial charge in [0.2, 0.25) is 11.8 Å². The Bertz CT molecular complexity index is 1040. The minimum atomic E-state index is -5.08. The van der Waals surface area contributed by atoms with E-state index in [0.717, 1.165) is 5.56 Å². The van der Waals surface area contributed by atoms with Crippen LogP contribution in [0.2, 0.25) is 0 Å². The number of benzene rings is 1. The zero-order chi connectivity index (χ0) is 31.6. The van der Waals surface area contributed by atoms with Gasteiger partial charge in [-0.25, -0.2) is 9.59 Å². The molecule has 0 spiro atoms. The van der Waals surface area contributed by atoms with Gasteiger partial charge in [-0.15, -0.1) is 0 Å². The van der Waals surface area contributed by atoms with E-state index < -0.39 is 41.7 Å². The monoisotopic (exact) mass is 573 g/mol. The van der Waals surface area contributed by atoms with Crippen LogP contribution in [0.5, 0.6) is 0 Å². The molecular formula is C28H42F3N3O6. The molecule has 9 nitrogen and oxygen atoms in total. The number of carbonyl (C=O) groups is 4. The Morgan fingerprint density at radius 3 is 1.80 bits per heavy atom. The molecule has 0 aliphatic heterocycles. The van der Waals surface area contributed by atoms with Gasteiger partial charge in [-0.3, -0.25) is 9.59 Å². The molecule has 0 aromatic heterocycles. The smallest absolute Gasteiger partial charge is 0.478 e. The highest BCUT2D eigenvalue weighted by atomic mass is 19.4. The maximum atomic E-state index is 13.6. The lowest BCUT2D eigenvalue weighted by Crippen LogP contribution is -2.59. The van der Waals surface area contributed by atoms with E-state index in [0.29, 0.717) is 0 Å². The van der Waals surface area contributed by atoms with E-state index in [-0.39, 0.29) is 29.2 Å². The average molecular weight is 574 g/mol. The summed E-state index contributed by atoms with van der Waals surface area (Å²) in [7, 11) is 3.39. The Kier molecular flexibility index (Phi) is 14.1. The number of amides is 2. The van der Waals surface area contributed by atoms with Crippen LogP contribution >= 0.6 is 0 Å². The van der Waals surface area contributed by atoms with Crippen LogP contribution in [0.4, 0.5) is 13.2 Å². The van der Waals surface area contributed by atoms with Crippen molar-refractivity contribution in [3.8, 4) is 0 Å². The van der Waals surface area contributed by atoms with E-state index in [4.69, 9.17) is 9.90 Å². The maximum absolute atomic E-state index is 13.6. The summed E-state index contributed by atoms with van der Waals surface area (Å²) in [5, 5.41) is 22.5. The topological polar surface area (TPSA) is 136 Å². The second-order valence-electron chi connectivity index (χ2n) is 10.9. The van der Waals surface area contributed by atoms with Gasteiger partial charge in [-0.05, 0) is 30.9 Å². The normalized spacial score (nSPS) is 15.2. The molecule has 226 valence electrons. The molecule has 1 aromatic rings. The predicted molar refractivity (Wildman–Crippen MR) is 146 cm³/mol. The number of aliphatic carboxylic acids is 2. The van der Waals surface area contributed by atoms with Crippen molar-refractivity contribution in [3.63, 3.8) is 0 Å². The summed E-state index contributed by atoms with van der Waals surface area (Å²) in [6.07, 6.45) is -3.49. The van der Waals surface area contributed by atoms with Crippen molar-refractivity contribution in [3.05, 3.63) is 47.5 Å². The Balaban J connectivity index is 0.00000191. The first-order valence-electron chi connectivity index (χ1n) is 12.7. The summed E-state index contributed by atoms with van der Waals surface area (Å²) in [6.45, 7) is 13.1. The largest absolute Gasteiger partial charge is 0.490 e. The van der Waals surface area contributed by atoms with Gasteiger partial charge >= 0.3 is 18.1 Å². The number of likely N-dealkylation sites (N-methyl/N-ethyl adjacent to an activating group) is 2. The van der Waals surface area contributed by atoms with Crippen molar-refractivity contribution in [1.82, 2.24) is 15.5 Å². The number of carbonyl (C=O) groups excluding carboxylic acids is 2. The van der Waals surface area contributed by atoms with Gasteiger partial charge in [0, 0.05) is 18.5 Å². The van der Waals surface area contributed by atoms with Crippen LogP contribution in [0.25, 0.3) is 0 Å². The maximum Gasteiger partial charge on any atom is 0.490 e. The highest BCUT2D eigenvalue weighted by Gasteiger charge is 2.39. The van der Waals surface area contributed by atoms with Crippen LogP contribution in [-0.4, -0.2) is 77.3 Å². The molecule has 0 radical (unpaired) electrons. The first-order valence-corrected chi connectivity index (χ1v) is 12.7. The Hall–Kier alpha value is -3.41. The summed E-state index contributed by atoms with van der Waals surface area (Å²) >= 11 is 0. The molecule has 0 heterocycles. The number of carboxylic acids is 2. The van der Waals surface area contributed by atoms with Gasteiger partial charge in [0.1, 0.15) is 6.04 Å². The summed E-state index contributed by atoms with van der Waals surface area (Å²) in [4.78, 5) is 48.7. The van der Waals surface area contributed by atoms with E-state index >= 15 is 0 Å². The van der Waals surface area contributed by atoms with Crippen LogP contribution in [0.15, 0.2) is 42.0 Å². The SMILES string of the molecule is CN[C@H](C(=O)N[C@H](C(=O)N(C)[C@H](/C=C(\C)C(=O)O)C(C)C)C(C)(C)C)[C@@H](C)c1ccccc1.O=C(O)C(F)(F)F. The summed E-state index contributed by atoms with van der Waals surface area (Å²) in [5.41, 5.74) is 0.649. The summed E-state index contributed by atoms with van der Waals surface area (Å²) in [5.74, 6) is -4.40. The Labute approximate surface area is 233 Å². The third-order valence-corrected chi connectivity index (χ3v) is 6.30. The zero-order valence-corrected chi connectivity index (χ0v) is 24.5. The van der Waals surface area contributed by atoms with E-state index in [1.807, 2.05) is 71.9 Å². The third kappa shape index (κ3) is 11.4. The summed E-state index contributed by atoms with van der Waals surface area (Å²) < 4.78 is 31.7. The second kappa shape index (κ2) is 15.4.